The molecule has 1 heteroatoms. The van der Waals surface area contributed by atoms with E-state index in [0.717, 1.165) is 13.1 Å². The molecular formula is C18H21N. The highest BCUT2D eigenvalue weighted by molar-refractivity contribution is 5.35. The first kappa shape index (κ1) is 12.4. The van der Waals surface area contributed by atoms with Gasteiger partial charge < -0.3 is 5.32 Å². The molecule has 0 aliphatic heterocycles. The summed E-state index contributed by atoms with van der Waals surface area (Å²) in [6, 6.07) is 15.7. The highest BCUT2D eigenvalue weighted by Crippen LogP contribution is 2.22. The standard InChI is InChI=1S/C18H21N/c1-14-5-7-15(8-6-14)12-19-13-16-9-10-17-3-2-4-18(17)11-16/h5-11,19H,2-4,12-13H2,1H3. The summed E-state index contributed by atoms with van der Waals surface area (Å²) in [6.45, 7) is 4.03. The molecule has 0 fully saturated rings. The van der Waals surface area contributed by atoms with Gasteiger partial charge >= 0.3 is 0 Å². The van der Waals surface area contributed by atoms with Crippen LogP contribution in [0.3, 0.4) is 0 Å². The molecule has 2 aromatic carbocycles. The van der Waals surface area contributed by atoms with Crippen LogP contribution in [0.25, 0.3) is 0 Å². The second-order valence-corrected chi connectivity index (χ2v) is 5.55. The van der Waals surface area contributed by atoms with E-state index in [9.17, 15) is 0 Å². The molecule has 0 spiro atoms. The zero-order chi connectivity index (χ0) is 13.1. The van der Waals surface area contributed by atoms with Crippen molar-refractivity contribution < 1.29 is 0 Å². The van der Waals surface area contributed by atoms with Crippen LogP contribution in [0.1, 0.15) is 34.2 Å². The molecule has 0 aromatic heterocycles. The first-order valence-electron chi connectivity index (χ1n) is 7.18. The average molecular weight is 251 g/mol. The van der Waals surface area contributed by atoms with Crippen LogP contribution in [0, 0.1) is 6.92 Å². The van der Waals surface area contributed by atoms with Gasteiger partial charge in [-0.1, -0.05) is 48.0 Å². The minimum atomic E-state index is 0.942. The molecule has 0 amide bonds. The summed E-state index contributed by atoms with van der Waals surface area (Å²) in [6.07, 6.45) is 3.86. The summed E-state index contributed by atoms with van der Waals surface area (Å²) >= 11 is 0. The third-order valence-corrected chi connectivity index (χ3v) is 3.94. The van der Waals surface area contributed by atoms with Crippen molar-refractivity contribution in [3.8, 4) is 0 Å². The van der Waals surface area contributed by atoms with Crippen molar-refractivity contribution in [1.82, 2.24) is 5.32 Å². The Bertz CT molecular complexity index is 554. The van der Waals surface area contributed by atoms with Gasteiger partial charge in [0.15, 0.2) is 0 Å². The van der Waals surface area contributed by atoms with Crippen LogP contribution in [-0.2, 0) is 25.9 Å². The number of fused-ring (bicyclic) bond motifs is 1. The van der Waals surface area contributed by atoms with Crippen molar-refractivity contribution in [2.45, 2.75) is 39.3 Å². The number of aryl methyl sites for hydroxylation is 3. The van der Waals surface area contributed by atoms with Gasteiger partial charge in [-0.3, -0.25) is 0 Å². The Morgan fingerprint density at radius 3 is 2.37 bits per heavy atom. The highest BCUT2D eigenvalue weighted by atomic mass is 14.8. The third kappa shape index (κ3) is 3.05. The van der Waals surface area contributed by atoms with E-state index in [1.165, 1.54) is 36.0 Å². The average Bonchev–Trinajstić information content (AvgIpc) is 2.88. The maximum atomic E-state index is 3.53. The molecule has 2 aromatic rings. The van der Waals surface area contributed by atoms with Crippen LogP contribution in [0.5, 0.6) is 0 Å². The molecule has 19 heavy (non-hydrogen) atoms. The van der Waals surface area contributed by atoms with E-state index in [0.29, 0.717) is 0 Å². The molecule has 0 saturated heterocycles. The molecule has 1 aliphatic carbocycles. The number of rotatable bonds is 4. The molecule has 0 unspecified atom stereocenters. The summed E-state index contributed by atoms with van der Waals surface area (Å²) in [5.41, 5.74) is 7.21. The van der Waals surface area contributed by atoms with Gasteiger partial charge in [-0.05, 0) is 48.4 Å². The van der Waals surface area contributed by atoms with Crippen LogP contribution >= 0.6 is 0 Å². The number of nitrogens with one attached hydrogen (secondary N) is 1. The molecule has 1 nitrogen and oxygen atoms in total. The lowest BCUT2D eigenvalue weighted by Gasteiger charge is -2.07. The van der Waals surface area contributed by atoms with E-state index in [2.05, 4.69) is 54.7 Å². The second-order valence-electron chi connectivity index (χ2n) is 5.55. The Kier molecular flexibility index (Phi) is 3.65. The largest absolute Gasteiger partial charge is 0.309 e. The van der Waals surface area contributed by atoms with Crippen molar-refractivity contribution in [2.24, 2.45) is 0 Å². The van der Waals surface area contributed by atoms with E-state index >= 15 is 0 Å². The minimum absolute atomic E-state index is 0.942. The monoisotopic (exact) mass is 251 g/mol. The predicted molar refractivity (Wildman–Crippen MR) is 80.2 cm³/mol. The summed E-state index contributed by atoms with van der Waals surface area (Å²) in [5, 5.41) is 3.53. The molecule has 3 rings (SSSR count). The van der Waals surface area contributed by atoms with Crippen molar-refractivity contribution in [3.63, 3.8) is 0 Å². The van der Waals surface area contributed by atoms with E-state index in [4.69, 9.17) is 0 Å². The molecule has 0 bridgehead atoms. The molecule has 0 heterocycles. The van der Waals surface area contributed by atoms with Gasteiger partial charge in [0.05, 0.1) is 0 Å². The summed E-state index contributed by atoms with van der Waals surface area (Å²) in [4.78, 5) is 0. The minimum Gasteiger partial charge on any atom is -0.309 e. The summed E-state index contributed by atoms with van der Waals surface area (Å²) in [7, 11) is 0. The normalized spacial score (nSPS) is 13.5. The summed E-state index contributed by atoms with van der Waals surface area (Å²) in [5.74, 6) is 0. The van der Waals surface area contributed by atoms with Gasteiger partial charge in [0.25, 0.3) is 0 Å². The third-order valence-electron chi connectivity index (χ3n) is 3.94. The highest BCUT2D eigenvalue weighted by Gasteiger charge is 2.10. The van der Waals surface area contributed by atoms with Crippen molar-refractivity contribution in [1.29, 1.82) is 0 Å². The molecule has 1 N–H and O–H groups in total. The van der Waals surface area contributed by atoms with Gasteiger partial charge in [-0.15, -0.1) is 0 Å². The Labute approximate surface area is 115 Å². The number of benzene rings is 2. The molecule has 0 atom stereocenters. The van der Waals surface area contributed by atoms with Gasteiger partial charge in [-0.2, -0.15) is 0 Å². The van der Waals surface area contributed by atoms with Gasteiger partial charge in [0.1, 0.15) is 0 Å². The van der Waals surface area contributed by atoms with Crippen LogP contribution in [0.2, 0.25) is 0 Å². The van der Waals surface area contributed by atoms with Gasteiger partial charge in [0.2, 0.25) is 0 Å². The van der Waals surface area contributed by atoms with Gasteiger partial charge in [0, 0.05) is 13.1 Å². The lowest BCUT2D eigenvalue weighted by atomic mass is 10.1. The molecule has 1 aliphatic rings. The van der Waals surface area contributed by atoms with Crippen molar-refractivity contribution in [3.05, 3.63) is 70.3 Å². The van der Waals surface area contributed by atoms with E-state index in [1.54, 1.807) is 11.1 Å². The Morgan fingerprint density at radius 1 is 0.842 bits per heavy atom. The quantitative estimate of drug-likeness (QED) is 0.872. The first-order valence-corrected chi connectivity index (χ1v) is 7.18. The molecule has 0 radical (unpaired) electrons. The first-order chi connectivity index (χ1) is 9.31. The van der Waals surface area contributed by atoms with Crippen LogP contribution in [0.15, 0.2) is 42.5 Å². The fraction of sp³-hybridized carbons (Fsp3) is 0.333. The van der Waals surface area contributed by atoms with E-state index in [-0.39, 0.29) is 0 Å². The zero-order valence-electron chi connectivity index (χ0n) is 11.6. The summed E-state index contributed by atoms with van der Waals surface area (Å²) < 4.78 is 0. The fourth-order valence-corrected chi connectivity index (χ4v) is 2.79. The SMILES string of the molecule is Cc1ccc(CNCc2ccc3c(c2)CCC3)cc1. The Balaban J connectivity index is 1.56. The Hall–Kier alpha value is -1.60. The number of hydrogen-bond acceptors (Lipinski definition) is 1. The molecule has 98 valence electrons. The predicted octanol–water partition coefficient (Wildman–Crippen LogP) is 3.77. The van der Waals surface area contributed by atoms with Crippen molar-refractivity contribution in [2.75, 3.05) is 0 Å². The maximum Gasteiger partial charge on any atom is 0.0208 e. The van der Waals surface area contributed by atoms with Gasteiger partial charge in [-0.25, -0.2) is 0 Å². The second kappa shape index (κ2) is 5.58. The lowest BCUT2D eigenvalue weighted by molar-refractivity contribution is 0.692. The zero-order valence-corrected chi connectivity index (χ0v) is 11.6. The smallest absolute Gasteiger partial charge is 0.0208 e. The fourth-order valence-electron chi connectivity index (χ4n) is 2.79. The number of hydrogen-bond donors (Lipinski definition) is 1. The maximum absolute atomic E-state index is 3.53. The van der Waals surface area contributed by atoms with Crippen molar-refractivity contribution >= 4 is 0 Å². The molecular weight excluding hydrogens is 230 g/mol. The van der Waals surface area contributed by atoms with E-state index in [1.807, 2.05) is 0 Å². The molecule has 0 saturated carbocycles. The van der Waals surface area contributed by atoms with E-state index < -0.39 is 0 Å². The topological polar surface area (TPSA) is 12.0 Å². The van der Waals surface area contributed by atoms with Crippen LogP contribution < -0.4 is 5.32 Å². The van der Waals surface area contributed by atoms with Crippen LogP contribution in [-0.4, -0.2) is 0 Å². The van der Waals surface area contributed by atoms with Crippen LogP contribution in [0.4, 0.5) is 0 Å². The lowest BCUT2D eigenvalue weighted by Crippen LogP contribution is -2.12. The Morgan fingerprint density at radius 2 is 1.53 bits per heavy atom.